The number of carbonyl (C=O) groups is 1. The number of thiazole rings is 1. The summed E-state index contributed by atoms with van der Waals surface area (Å²) >= 11 is 1.61. The van der Waals surface area contributed by atoms with Gasteiger partial charge >= 0.3 is 5.97 Å². The summed E-state index contributed by atoms with van der Waals surface area (Å²) in [5.74, 6) is -0.522. The van der Waals surface area contributed by atoms with Crippen molar-refractivity contribution in [2.75, 3.05) is 12.4 Å². The molecule has 126 valence electrons. The summed E-state index contributed by atoms with van der Waals surface area (Å²) in [4.78, 5) is 28.2. The van der Waals surface area contributed by atoms with Crippen LogP contribution >= 0.6 is 11.3 Å². The Morgan fingerprint density at radius 2 is 2.29 bits per heavy atom. The lowest BCUT2D eigenvalue weighted by atomic mass is 9.97. The van der Waals surface area contributed by atoms with Crippen molar-refractivity contribution in [1.82, 2.24) is 4.98 Å². The average Bonchev–Trinajstić information content (AvgIpc) is 2.95. The molecule has 0 spiro atoms. The van der Waals surface area contributed by atoms with Gasteiger partial charge in [-0.15, -0.1) is 11.3 Å². The third-order valence-electron chi connectivity index (χ3n) is 4.00. The number of nitrogens with zero attached hydrogens (tertiary/aromatic N) is 2. The van der Waals surface area contributed by atoms with Gasteiger partial charge in [-0.2, -0.15) is 0 Å². The zero-order valence-corrected chi connectivity index (χ0v) is 14.2. The molecule has 1 N–H and O–H groups in total. The molecule has 0 bridgehead atoms. The highest BCUT2D eigenvalue weighted by molar-refractivity contribution is 7.11. The van der Waals surface area contributed by atoms with Crippen LogP contribution in [0.5, 0.6) is 0 Å². The second kappa shape index (κ2) is 6.56. The van der Waals surface area contributed by atoms with Crippen LogP contribution in [0.4, 0.5) is 11.4 Å². The number of aryl methyl sites for hydroxylation is 2. The van der Waals surface area contributed by atoms with Crippen molar-refractivity contribution in [1.29, 1.82) is 0 Å². The van der Waals surface area contributed by atoms with Crippen LogP contribution in [-0.4, -0.2) is 23.0 Å². The highest BCUT2D eigenvalue weighted by atomic mass is 32.1. The highest BCUT2D eigenvalue weighted by Gasteiger charge is 2.26. The van der Waals surface area contributed by atoms with Gasteiger partial charge < -0.3 is 10.1 Å². The number of aromatic nitrogens is 1. The molecular weight excluding hydrogens is 330 g/mol. The molecule has 1 aromatic heterocycles. The first-order valence-corrected chi connectivity index (χ1v) is 8.40. The highest BCUT2D eigenvalue weighted by Crippen LogP contribution is 2.38. The van der Waals surface area contributed by atoms with Crippen LogP contribution in [0.25, 0.3) is 0 Å². The Hall–Kier alpha value is -2.48. The molecular formula is C16H17N3O4S. The molecule has 0 aliphatic heterocycles. The van der Waals surface area contributed by atoms with Gasteiger partial charge in [-0.05, 0) is 38.3 Å². The maximum atomic E-state index is 11.7. The van der Waals surface area contributed by atoms with E-state index in [1.165, 1.54) is 25.3 Å². The van der Waals surface area contributed by atoms with Gasteiger partial charge in [0.15, 0.2) is 0 Å². The maximum absolute atomic E-state index is 11.7. The monoisotopic (exact) mass is 347 g/mol. The van der Waals surface area contributed by atoms with Gasteiger partial charge in [-0.25, -0.2) is 9.78 Å². The normalized spacial score (nSPS) is 16.3. The number of anilines is 1. The molecule has 1 atom stereocenters. The zero-order chi connectivity index (χ0) is 17.3. The average molecular weight is 347 g/mol. The van der Waals surface area contributed by atoms with Crippen molar-refractivity contribution >= 4 is 28.7 Å². The molecule has 0 radical (unpaired) electrons. The van der Waals surface area contributed by atoms with E-state index in [1.807, 2.05) is 6.92 Å². The summed E-state index contributed by atoms with van der Waals surface area (Å²) < 4.78 is 4.70. The van der Waals surface area contributed by atoms with Crippen molar-refractivity contribution in [2.24, 2.45) is 0 Å². The van der Waals surface area contributed by atoms with Crippen LogP contribution in [0.15, 0.2) is 18.2 Å². The van der Waals surface area contributed by atoms with Crippen LogP contribution < -0.4 is 5.32 Å². The molecule has 1 aliphatic carbocycles. The molecule has 0 amide bonds. The van der Waals surface area contributed by atoms with E-state index in [2.05, 4.69) is 10.3 Å². The number of esters is 1. The molecule has 1 heterocycles. The fourth-order valence-electron chi connectivity index (χ4n) is 2.92. The standard InChI is InChI=1S/C16H17N3O4S/c1-9-17-11-4-3-5-12(15(11)24-9)18-13-8-10(16(20)23-2)6-7-14(13)19(21)22/h6-8,12,18H,3-5H2,1-2H3. The quantitative estimate of drug-likeness (QED) is 0.515. The van der Waals surface area contributed by atoms with Crippen LogP contribution in [0.3, 0.4) is 0 Å². The van der Waals surface area contributed by atoms with Gasteiger partial charge in [0.2, 0.25) is 0 Å². The number of nitrogens with one attached hydrogen (secondary N) is 1. The van der Waals surface area contributed by atoms with Crippen molar-refractivity contribution in [3.05, 3.63) is 49.5 Å². The molecule has 8 heteroatoms. The number of ether oxygens (including phenoxy) is 1. The molecule has 3 rings (SSSR count). The topological polar surface area (TPSA) is 94.4 Å². The van der Waals surface area contributed by atoms with Crippen molar-refractivity contribution < 1.29 is 14.5 Å². The molecule has 1 aliphatic rings. The third kappa shape index (κ3) is 3.09. The molecule has 1 aromatic carbocycles. The van der Waals surface area contributed by atoms with E-state index < -0.39 is 10.9 Å². The van der Waals surface area contributed by atoms with E-state index in [0.717, 1.165) is 34.8 Å². The lowest BCUT2D eigenvalue weighted by molar-refractivity contribution is -0.384. The number of hydrogen-bond donors (Lipinski definition) is 1. The van der Waals surface area contributed by atoms with Crippen LogP contribution in [0.1, 0.15) is 44.8 Å². The number of rotatable bonds is 4. The number of nitro groups is 1. The third-order valence-corrected chi connectivity index (χ3v) is 5.13. The molecule has 0 saturated heterocycles. The number of benzene rings is 1. The first kappa shape index (κ1) is 16.4. The minimum Gasteiger partial charge on any atom is -0.465 e. The number of carbonyl (C=O) groups excluding carboxylic acids is 1. The van der Waals surface area contributed by atoms with Crippen molar-refractivity contribution in [2.45, 2.75) is 32.2 Å². The fraction of sp³-hybridized carbons (Fsp3) is 0.375. The minimum absolute atomic E-state index is 0.0356. The largest absolute Gasteiger partial charge is 0.465 e. The molecule has 24 heavy (non-hydrogen) atoms. The van der Waals surface area contributed by atoms with E-state index in [-0.39, 0.29) is 17.3 Å². The molecule has 1 unspecified atom stereocenters. The predicted molar refractivity (Wildman–Crippen MR) is 90.6 cm³/mol. The van der Waals surface area contributed by atoms with Gasteiger partial charge in [0.25, 0.3) is 5.69 Å². The predicted octanol–water partition coefficient (Wildman–Crippen LogP) is 3.64. The Morgan fingerprint density at radius 3 is 3.00 bits per heavy atom. The number of nitro benzene ring substituents is 1. The first-order chi connectivity index (χ1) is 11.5. The summed E-state index contributed by atoms with van der Waals surface area (Å²) in [6.45, 7) is 1.96. The second-order valence-electron chi connectivity index (χ2n) is 5.61. The lowest BCUT2D eigenvalue weighted by Gasteiger charge is -2.23. The number of fused-ring (bicyclic) bond motifs is 1. The summed E-state index contributed by atoms with van der Waals surface area (Å²) in [5, 5.41) is 15.5. The van der Waals surface area contributed by atoms with Crippen molar-refractivity contribution in [3.8, 4) is 0 Å². The van der Waals surface area contributed by atoms with E-state index in [0.29, 0.717) is 5.69 Å². The maximum Gasteiger partial charge on any atom is 0.337 e. The Labute approximate surface area is 142 Å². The van der Waals surface area contributed by atoms with Crippen molar-refractivity contribution in [3.63, 3.8) is 0 Å². The smallest absolute Gasteiger partial charge is 0.337 e. The second-order valence-corrected chi connectivity index (χ2v) is 6.85. The molecule has 0 saturated carbocycles. The van der Waals surface area contributed by atoms with E-state index >= 15 is 0 Å². The van der Waals surface area contributed by atoms with Gasteiger partial charge in [-0.1, -0.05) is 0 Å². The zero-order valence-electron chi connectivity index (χ0n) is 13.4. The first-order valence-electron chi connectivity index (χ1n) is 7.59. The fourth-order valence-corrected chi connectivity index (χ4v) is 3.98. The Bertz CT molecular complexity index is 803. The van der Waals surface area contributed by atoms with Gasteiger partial charge in [0, 0.05) is 6.07 Å². The van der Waals surface area contributed by atoms with Gasteiger partial charge in [0.1, 0.15) is 5.69 Å². The van der Waals surface area contributed by atoms with Gasteiger partial charge in [0.05, 0.1) is 39.2 Å². The van der Waals surface area contributed by atoms with Crippen LogP contribution in [0, 0.1) is 17.0 Å². The molecule has 2 aromatic rings. The molecule has 0 fully saturated rings. The van der Waals surface area contributed by atoms with Crippen LogP contribution in [-0.2, 0) is 11.2 Å². The Kier molecular flexibility index (Phi) is 4.48. The van der Waals surface area contributed by atoms with E-state index in [4.69, 9.17) is 4.74 Å². The molecule has 7 nitrogen and oxygen atoms in total. The Morgan fingerprint density at radius 1 is 1.50 bits per heavy atom. The van der Waals surface area contributed by atoms with Crippen LogP contribution in [0.2, 0.25) is 0 Å². The summed E-state index contributed by atoms with van der Waals surface area (Å²) in [6.07, 6.45) is 2.77. The SMILES string of the molecule is COC(=O)c1ccc([N+](=O)[O-])c(NC2CCCc3nc(C)sc32)c1. The number of methoxy groups -OCH3 is 1. The Balaban J connectivity index is 1.97. The number of hydrogen-bond acceptors (Lipinski definition) is 7. The van der Waals surface area contributed by atoms with E-state index in [9.17, 15) is 14.9 Å². The van der Waals surface area contributed by atoms with E-state index in [1.54, 1.807) is 11.3 Å². The minimum atomic E-state index is -0.522. The summed E-state index contributed by atoms with van der Waals surface area (Å²) in [7, 11) is 1.28. The summed E-state index contributed by atoms with van der Waals surface area (Å²) in [6, 6.07) is 4.17. The summed E-state index contributed by atoms with van der Waals surface area (Å²) in [5.41, 5.74) is 1.61. The lowest BCUT2D eigenvalue weighted by Crippen LogP contribution is -2.17. The van der Waals surface area contributed by atoms with Gasteiger partial charge in [-0.3, -0.25) is 10.1 Å².